The van der Waals surface area contributed by atoms with E-state index in [1.807, 2.05) is 13.8 Å². The SMILES string of the molecule is C=C[C@]1(O)CCCC2[C@H](CO[Si](c3ccccc3)(c3ccccc3)C(C)(C)C)CC[C@H]3OC(C)(C)O[C@@]231. The lowest BCUT2D eigenvalue weighted by Crippen LogP contribution is -2.70. The molecule has 1 heterocycles. The fraction of sp³-hybridized carbons (Fsp3) is 0.562. The Morgan fingerprint density at radius 3 is 2.14 bits per heavy atom. The monoisotopic (exact) mass is 520 g/mol. The Morgan fingerprint density at radius 1 is 1.00 bits per heavy atom. The van der Waals surface area contributed by atoms with Crippen molar-refractivity contribution in [3.8, 4) is 0 Å². The summed E-state index contributed by atoms with van der Waals surface area (Å²) in [4.78, 5) is 0. The van der Waals surface area contributed by atoms with Gasteiger partial charge in [-0.3, -0.25) is 0 Å². The quantitative estimate of drug-likeness (QED) is 0.399. The number of rotatable bonds is 6. The third kappa shape index (κ3) is 4.18. The van der Waals surface area contributed by atoms with Crippen molar-refractivity contribution in [2.75, 3.05) is 6.61 Å². The lowest BCUT2D eigenvalue weighted by atomic mass is 9.55. The van der Waals surface area contributed by atoms with Crippen molar-refractivity contribution >= 4 is 18.7 Å². The van der Waals surface area contributed by atoms with Crippen LogP contribution in [-0.2, 0) is 13.9 Å². The van der Waals surface area contributed by atoms with E-state index in [-0.39, 0.29) is 23.0 Å². The summed E-state index contributed by atoms with van der Waals surface area (Å²) < 4.78 is 20.6. The molecule has 3 aliphatic rings. The van der Waals surface area contributed by atoms with Crippen LogP contribution < -0.4 is 10.4 Å². The second-order valence-electron chi connectivity index (χ2n) is 12.8. The van der Waals surface area contributed by atoms with E-state index in [2.05, 4.69) is 88.0 Å². The van der Waals surface area contributed by atoms with Crippen molar-refractivity contribution < 1.29 is 19.0 Å². The fourth-order valence-electron chi connectivity index (χ4n) is 7.81. The molecule has 2 aliphatic carbocycles. The Labute approximate surface area is 224 Å². The minimum Gasteiger partial charge on any atom is -0.407 e. The molecule has 1 spiro atoms. The van der Waals surface area contributed by atoms with E-state index in [1.165, 1.54) is 10.4 Å². The molecule has 0 bridgehead atoms. The van der Waals surface area contributed by atoms with Crippen molar-refractivity contribution in [2.24, 2.45) is 11.8 Å². The van der Waals surface area contributed by atoms with Crippen LogP contribution in [0.4, 0.5) is 0 Å². The molecule has 1 aliphatic heterocycles. The van der Waals surface area contributed by atoms with Crippen molar-refractivity contribution in [1.82, 2.24) is 0 Å². The minimum absolute atomic E-state index is 0.0754. The highest BCUT2D eigenvalue weighted by Crippen LogP contribution is 2.60. The van der Waals surface area contributed by atoms with Crippen molar-refractivity contribution in [2.45, 2.75) is 94.9 Å². The number of aliphatic hydroxyl groups is 1. The lowest BCUT2D eigenvalue weighted by Gasteiger charge is -2.57. The summed E-state index contributed by atoms with van der Waals surface area (Å²) in [6, 6.07) is 21.7. The van der Waals surface area contributed by atoms with E-state index < -0.39 is 25.3 Å². The van der Waals surface area contributed by atoms with E-state index >= 15 is 0 Å². The van der Waals surface area contributed by atoms with Gasteiger partial charge in [0.05, 0.1) is 6.10 Å². The average Bonchev–Trinajstić information content (AvgIpc) is 3.16. The van der Waals surface area contributed by atoms with Gasteiger partial charge in [0.1, 0.15) is 11.2 Å². The van der Waals surface area contributed by atoms with Gasteiger partial charge in [-0.05, 0) is 73.2 Å². The zero-order valence-electron chi connectivity index (χ0n) is 23.2. The first-order valence-electron chi connectivity index (χ1n) is 14.0. The fourth-order valence-corrected chi connectivity index (χ4v) is 12.4. The second-order valence-corrected chi connectivity index (χ2v) is 17.1. The Kier molecular flexibility index (Phi) is 6.86. The summed E-state index contributed by atoms with van der Waals surface area (Å²) in [5, 5.41) is 14.5. The average molecular weight is 521 g/mol. The maximum Gasteiger partial charge on any atom is 0.261 e. The van der Waals surface area contributed by atoms with Crippen molar-refractivity contribution in [3.63, 3.8) is 0 Å². The highest BCUT2D eigenvalue weighted by Gasteiger charge is 2.70. The molecule has 5 atom stereocenters. The van der Waals surface area contributed by atoms with E-state index in [4.69, 9.17) is 13.9 Å². The summed E-state index contributed by atoms with van der Waals surface area (Å²) in [6.07, 6.45) is 6.04. The minimum atomic E-state index is -2.65. The van der Waals surface area contributed by atoms with E-state index in [0.717, 1.165) is 25.7 Å². The molecule has 1 unspecified atom stereocenters. The van der Waals surface area contributed by atoms with Gasteiger partial charge >= 0.3 is 0 Å². The first kappa shape index (κ1) is 26.8. The van der Waals surface area contributed by atoms with Gasteiger partial charge in [-0.2, -0.15) is 0 Å². The Balaban J connectivity index is 1.55. The van der Waals surface area contributed by atoms with Crippen LogP contribution in [0, 0.1) is 11.8 Å². The van der Waals surface area contributed by atoms with Crippen LogP contribution in [0.5, 0.6) is 0 Å². The molecule has 1 saturated heterocycles. The zero-order valence-corrected chi connectivity index (χ0v) is 24.2. The summed E-state index contributed by atoms with van der Waals surface area (Å²) in [5.41, 5.74) is -1.89. The highest BCUT2D eigenvalue weighted by molar-refractivity contribution is 6.99. The van der Waals surface area contributed by atoms with Crippen LogP contribution in [0.2, 0.25) is 5.04 Å². The Hall–Kier alpha value is -1.76. The largest absolute Gasteiger partial charge is 0.407 e. The lowest BCUT2D eigenvalue weighted by molar-refractivity contribution is -0.248. The molecule has 200 valence electrons. The molecule has 4 nitrogen and oxygen atoms in total. The third-order valence-corrected chi connectivity index (χ3v) is 14.3. The number of hydrogen-bond acceptors (Lipinski definition) is 4. The second kappa shape index (κ2) is 9.46. The van der Waals surface area contributed by atoms with E-state index in [0.29, 0.717) is 13.0 Å². The van der Waals surface area contributed by atoms with Crippen molar-refractivity contribution in [3.05, 3.63) is 73.3 Å². The van der Waals surface area contributed by atoms with E-state index in [9.17, 15) is 5.11 Å². The molecular weight excluding hydrogens is 476 g/mol. The molecule has 3 fully saturated rings. The maximum absolute atomic E-state index is 11.9. The third-order valence-electron chi connectivity index (χ3n) is 9.26. The van der Waals surface area contributed by atoms with Gasteiger partial charge in [0.25, 0.3) is 8.32 Å². The summed E-state index contributed by atoms with van der Waals surface area (Å²) in [7, 11) is -2.65. The number of hydrogen-bond donors (Lipinski definition) is 1. The van der Waals surface area contributed by atoms with Crippen LogP contribution in [0.1, 0.15) is 66.7 Å². The Bertz CT molecular complexity index is 1060. The first-order valence-corrected chi connectivity index (χ1v) is 15.9. The summed E-state index contributed by atoms with van der Waals surface area (Å²) >= 11 is 0. The molecule has 0 amide bonds. The van der Waals surface area contributed by atoms with Gasteiger partial charge in [0.15, 0.2) is 5.79 Å². The molecule has 5 rings (SSSR count). The van der Waals surface area contributed by atoms with Gasteiger partial charge in [-0.25, -0.2) is 0 Å². The van der Waals surface area contributed by atoms with Gasteiger partial charge < -0.3 is 19.0 Å². The molecule has 2 aromatic rings. The van der Waals surface area contributed by atoms with Crippen LogP contribution in [0.25, 0.3) is 0 Å². The molecule has 2 saturated carbocycles. The summed E-state index contributed by atoms with van der Waals surface area (Å²) in [6.45, 7) is 15.6. The molecular formula is C32H44O4Si. The normalized spacial score (nSPS) is 33.4. The summed E-state index contributed by atoms with van der Waals surface area (Å²) in [5.74, 6) is -0.324. The Morgan fingerprint density at radius 2 is 1.59 bits per heavy atom. The molecule has 5 heteroatoms. The van der Waals surface area contributed by atoms with Crippen LogP contribution in [0.3, 0.4) is 0 Å². The van der Waals surface area contributed by atoms with Crippen LogP contribution in [0.15, 0.2) is 73.3 Å². The van der Waals surface area contributed by atoms with Gasteiger partial charge in [0, 0.05) is 6.61 Å². The molecule has 1 N–H and O–H groups in total. The van der Waals surface area contributed by atoms with Gasteiger partial charge in [-0.15, -0.1) is 6.58 Å². The predicted octanol–water partition coefficient (Wildman–Crippen LogP) is 5.58. The van der Waals surface area contributed by atoms with Crippen LogP contribution >= 0.6 is 0 Å². The smallest absolute Gasteiger partial charge is 0.261 e. The van der Waals surface area contributed by atoms with Crippen molar-refractivity contribution in [1.29, 1.82) is 0 Å². The standard InChI is InChI=1S/C32H44O4Si/c1-7-31(33)22-14-19-27-24(20-21-28-32(27,31)36-30(5,6)35-28)23-34-37(29(2,3)4,25-15-10-8-11-16-25)26-17-12-9-13-18-26/h7-13,15-18,24,27-28,33H,1,14,19-23H2,2-6H3/t24-,27?,28+,31-,32-/m0/s1. The first-order chi connectivity index (χ1) is 17.5. The van der Waals surface area contributed by atoms with Gasteiger partial charge in [0.2, 0.25) is 0 Å². The highest BCUT2D eigenvalue weighted by atomic mass is 28.4. The molecule has 0 aromatic heterocycles. The maximum atomic E-state index is 11.9. The van der Waals surface area contributed by atoms with Crippen LogP contribution in [-0.4, -0.2) is 43.1 Å². The predicted molar refractivity (Wildman–Crippen MR) is 152 cm³/mol. The van der Waals surface area contributed by atoms with Gasteiger partial charge in [-0.1, -0.05) is 87.5 Å². The molecule has 37 heavy (non-hydrogen) atoms. The number of ether oxygens (including phenoxy) is 2. The molecule has 0 radical (unpaired) electrons. The number of benzene rings is 2. The zero-order chi connectivity index (χ0) is 26.5. The molecule has 2 aromatic carbocycles. The van der Waals surface area contributed by atoms with E-state index in [1.54, 1.807) is 6.08 Å². The topological polar surface area (TPSA) is 47.9 Å².